The normalized spacial score (nSPS) is 11.3. The summed E-state index contributed by atoms with van der Waals surface area (Å²) >= 11 is 1.33. The van der Waals surface area contributed by atoms with Crippen LogP contribution in [0.3, 0.4) is 0 Å². The number of aryl methyl sites for hydroxylation is 1. The van der Waals surface area contributed by atoms with Crippen LogP contribution in [0.2, 0.25) is 0 Å². The molecule has 0 amide bonds. The van der Waals surface area contributed by atoms with Crippen LogP contribution < -0.4 is 4.74 Å². The molecule has 0 spiro atoms. The highest BCUT2D eigenvalue weighted by atomic mass is 32.1. The van der Waals surface area contributed by atoms with Gasteiger partial charge in [-0.3, -0.25) is 0 Å². The number of ether oxygens (including phenoxy) is 1. The molecule has 0 N–H and O–H groups in total. The van der Waals surface area contributed by atoms with Crippen molar-refractivity contribution < 1.29 is 9.66 Å². The summed E-state index contributed by atoms with van der Waals surface area (Å²) in [5.41, 5.74) is 2.32. The molecule has 0 atom stereocenters. The third kappa shape index (κ3) is 2.43. The largest absolute Gasteiger partial charge is 0.432 e. The van der Waals surface area contributed by atoms with Crippen molar-refractivity contribution in [2.75, 3.05) is 0 Å². The molecule has 3 aromatic rings. The van der Waals surface area contributed by atoms with Crippen molar-refractivity contribution in [1.82, 2.24) is 9.38 Å². The van der Waals surface area contributed by atoms with Crippen molar-refractivity contribution in [1.29, 1.82) is 0 Å². The second-order valence-corrected chi connectivity index (χ2v) is 6.20. The average molecular weight is 317 g/mol. The Balaban J connectivity index is 1.99. The Bertz CT molecular complexity index is 851. The van der Waals surface area contributed by atoms with E-state index in [2.05, 4.69) is 18.8 Å². The van der Waals surface area contributed by atoms with Gasteiger partial charge in [0.05, 0.1) is 0 Å². The highest BCUT2D eigenvalue weighted by Crippen LogP contribution is 2.34. The molecular weight excluding hydrogens is 302 g/mol. The summed E-state index contributed by atoms with van der Waals surface area (Å²) in [6.07, 6.45) is 1.62. The highest BCUT2D eigenvalue weighted by Gasteiger charge is 2.25. The number of fused-ring (bicyclic) bond motifs is 1. The van der Waals surface area contributed by atoms with E-state index in [0.717, 1.165) is 5.56 Å². The van der Waals surface area contributed by atoms with Gasteiger partial charge in [0.15, 0.2) is 0 Å². The average Bonchev–Trinajstić information content (AvgIpc) is 2.97. The van der Waals surface area contributed by atoms with Crippen LogP contribution in [-0.4, -0.2) is 14.3 Å². The van der Waals surface area contributed by atoms with E-state index in [1.54, 1.807) is 11.6 Å². The first-order valence-corrected chi connectivity index (χ1v) is 7.73. The number of aromatic nitrogens is 2. The van der Waals surface area contributed by atoms with Crippen molar-refractivity contribution in [3.63, 3.8) is 0 Å². The fraction of sp³-hybridized carbons (Fsp3) is 0.267. The predicted molar refractivity (Wildman–Crippen MR) is 85.1 cm³/mol. The van der Waals surface area contributed by atoms with Crippen molar-refractivity contribution in [2.45, 2.75) is 26.7 Å². The summed E-state index contributed by atoms with van der Waals surface area (Å²) in [6.45, 7) is 6.25. The fourth-order valence-corrected chi connectivity index (χ4v) is 3.16. The predicted octanol–water partition coefficient (Wildman–Crippen LogP) is 4.53. The molecule has 0 unspecified atom stereocenters. The Morgan fingerprint density at radius 1 is 1.41 bits per heavy atom. The number of nitro groups is 1. The molecule has 6 nitrogen and oxygen atoms in total. The summed E-state index contributed by atoms with van der Waals surface area (Å²) in [6, 6.07) is 5.69. The number of thiazole rings is 1. The van der Waals surface area contributed by atoms with Crippen molar-refractivity contribution >= 4 is 22.1 Å². The van der Waals surface area contributed by atoms with E-state index in [1.807, 2.05) is 25.1 Å². The molecule has 0 saturated heterocycles. The van der Waals surface area contributed by atoms with E-state index in [1.165, 1.54) is 21.3 Å². The van der Waals surface area contributed by atoms with Crippen LogP contribution >= 0.6 is 11.3 Å². The Labute approximate surface area is 131 Å². The molecule has 0 fully saturated rings. The molecule has 114 valence electrons. The van der Waals surface area contributed by atoms with Gasteiger partial charge in [0.2, 0.25) is 0 Å². The lowest BCUT2D eigenvalue weighted by molar-refractivity contribution is -0.391. The number of imidazole rings is 1. The molecule has 0 radical (unpaired) electrons. The van der Waals surface area contributed by atoms with Crippen molar-refractivity contribution in [3.8, 4) is 11.6 Å². The van der Waals surface area contributed by atoms with E-state index in [4.69, 9.17) is 4.74 Å². The summed E-state index contributed by atoms with van der Waals surface area (Å²) < 4.78 is 7.09. The molecule has 0 bridgehead atoms. The van der Waals surface area contributed by atoms with Gasteiger partial charge in [0.1, 0.15) is 11.9 Å². The quantitative estimate of drug-likeness (QED) is 0.523. The molecule has 0 aliphatic rings. The maximum atomic E-state index is 11.3. The van der Waals surface area contributed by atoms with Gasteiger partial charge in [-0.15, -0.1) is 0 Å². The monoisotopic (exact) mass is 317 g/mol. The Kier molecular flexibility index (Phi) is 3.58. The van der Waals surface area contributed by atoms with Crippen LogP contribution in [0.4, 0.5) is 5.82 Å². The van der Waals surface area contributed by atoms with Crippen LogP contribution in [0.25, 0.3) is 4.96 Å². The number of hydrogen-bond acceptors (Lipinski definition) is 5. The minimum absolute atomic E-state index is 0.0218. The highest BCUT2D eigenvalue weighted by molar-refractivity contribution is 7.15. The summed E-state index contributed by atoms with van der Waals surface area (Å²) in [7, 11) is 0. The molecule has 1 aromatic carbocycles. The van der Waals surface area contributed by atoms with E-state index in [0.29, 0.717) is 16.6 Å². The smallest absolute Gasteiger partial charge is 0.393 e. The maximum absolute atomic E-state index is 11.3. The van der Waals surface area contributed by atoms with Gasteiger partial charge >= 0.3 is 11.7 Å². The number of benzene rings is 1. The molecule has 0 aliphatic heterocycles. The first kappa shape index (κ1) is 14.5. The number of rotatable bonds is 4. The maximum Gasteiger partial charge on any atom is 0.393 e. The number of nitrogens with zero attached hydrogens (tertiary/aromatic N) is 3. The van der Waals surface area contributed by atoms with Crippen LogP contribution in [0.1, 0.15) is 30.9 Å². The summed E-state index contributed by atoms with van der Waals surface area (Å²) in [5, 5.41) is 13.0. The van der Waals surface area contributed by atoms with Crippen LogP contribution in [0.15, 0.2) is 29.8 Å². The van der Waals surface area contributed by atoms with Crippen LogP contribution in [0.5, 0.6) is 11.6 Å². The van der Waals surface area contributed by atoms with Gasteiger partial charge in [-0.2, -0.15) is 9.38 Å². The second kappa shape index (κ2) is 5.42. The third-order valence-electron chi connectivity index (χ3n) is 3.46. The SMILES string of the molecule is Cc1cc(Oc2nc3sccn3c2[N+](=O)[O-])ccc1C(C)C. The lowest BCUT2D eigenvalue weighted by atomic mass is 9.98. The van der Waals surface area contributed by atoms with E-state index in [-0.39, 0.29) is 11.7 Å². The van der Waals surface area contributed by atoms with Gasteiger partial charge in [-0.25, -0.2) is 0 Å². The lowest BCUT2D eigenvalue weighted by Gasteiger charge is -2.11. The van der Waals surface area contributed by atoms with Crippen LogP contribution in [-0.2, 0) is 0 Å². The molecule has 0 aliphatic carbocycles. The van der Waals surface area contributed by atoms with Gasteiger partial charge in [0, 0.05) is 5.38 Å². The van der Waals surface area contributed by atoms with E-state index in [9.17, 15) is 10.1 Å². The first-order chi connectivity index (χ1) is 10.5. The second-order valence-electron chi connectivity index (χ2n) is 5.33. The standard InChI is InChI=1S/C15H15N3O3S/c1-9(2)12-5-4-11(8-10(12)3)21-13-14(18(19)20)17-6-7-22-15(17)16-13/h4-9H,1-3H3. The fourth-order valence-electron chi connectivity index (χ4n) is 2.46. The molecule has 2 heterocycles. The molecule has 3 rings (SSSR count). The Morgan fingerprint density at radius 2 is 2.18 bits per heavy atom. The first-order valence-electron chi connectivity index (χ1n) is 6.85. The minimum Gasteiger partial charge on any atom is -0.432 e. The van der Waals surface area contributed by atoms with E-state index >= 15 is 0 Å². The van der Waals surface area contributed by atoms with Crippen LogP contribution in [0, 0.1) is 17.0 Å². The third-order valence-corrected chi connectivity index (χ3v) is 4.21. The molecule has 0 saturated carbocycles. The van der Waals surface area contributed by atoms with Gasteiger partial charge < -0.3 is 14.9 Å². The minimum atomic E-state index is -0.475. The molecular formula is C15H15N3O3S. The Hall–Kier alpha value is -2.41. The topological polar surface area (TPSA) is 69.7 Å². The molecule has 2 aromatic heterocycles. The number of hydrogen-bond donors (Lipinski definition) is 0. The summed E-state index contributed by atoms with van der Waals surface area (Å²) in [4.78, 5) is 15.5. The van der Waals surface area contributed by atoms with Gasteiger partial charge in [0.25, 0.3) is 4.96 Å². The zero-order valence-electron chi connectivity index (χ0n) is 12.4. The Morgan fingerprint density at radius 3 is 2.82 bits per heavy atom. The zero-order chi connectivity index (χ0) is 15.9. The molecule has 7 heteroatoms. The summed E-state index contributed by atoms with van der Waals surface area (Å²) in [5.74, 6) is 0.840. The zero-order valence-corrected chi connectivity index (χ0v) is 13.3. The molecule has 22 heavy (non-hydrogen) atoms. The van der Waals surface area contributed by atoms with E-state index < -0.39 is 4.92 Å². The van der Waals surface area contributed by atoms with Crippen molar-refractivity contribution in [2.24, 2.45) is 0 Å². The van der Waals surface area contributed by atoms with Gasteiger partial charge in [-0.1, -0.05) is 31.3 Å². The lowest BCUT2D eigenvalue weighted by Crippen LogP contribution is -1.96. The van der Waals surface area contributed by atoms with Gasteiger partial charge in [-0.05, 0) is 41.0 Å². The van der Waals surface area contributed by atoms with Crippen molar-refractivity contribution in [3.05, 3.63) is 51.0 Å².